The molecule has 0 atom stereocenters. The van der Waals surface area contributed by atoms with Gasteiger partial charge in [-0.3, -0.25) is 4.79 Å². The number of halogens is 1. The molecule has 0 saturated heterocycles. The van der Waals surface area contributed by atoms with Gasteiger partial charge in [0.2, 0.25) is 0 Å². The minimum Gasteiger partial charge on any atom is -0.497 e. The fourth-order valence-corrected chi connectivity index (χ4v) is 1.81. The number of hydrogen-bond acceptors (Lipinski definition) is 4. The van der Waals surface area contributed by atoms with Crippen LogP contribution in [0, 0.1) is 0 Å². The van der Waals surface area contributed by atoms with Crippen LogP contribution in [-0.2, 0) is 4.79 Å². The molecule has 0 unspecified atom stereocenters. The van der Waals surface area contributed by atoms with Gasteiger partial charge in [0, 0.05) is 16.7 Å². The third-order valence-electron chi connectivity index (χ3n) is 2.71. The summed E-state index contributed by atoms with van der Waals surface area (Å²) in [6, 6.07) is 14.2. The van der Waals surface area contributed by atoms with E-state index in [9.17, 15) is 4.79 Å². The first-order chi connectivity index (χ1) is 10.7. The zero-order valence-electron chi connectivity index (χ0n) is 12.0. The molecule has 0 aliphatic heterocycles. The second-order valence-electron chi connectivity index (χ2n) is 4.28. The largest absolute Gasteiger partial charge is 0.497 e. The van der Waals surface area contributed by atoms with Crippen LogP contribution in [0.5, 0.6) is 11.5 Å². The third kappa shape index (κ3) is 4.79. The van der Waals surface area contributed by atoms with Gasteiger partial charge in [0.1, 0.15) is 11.5 Å². The Morgan fingerprint density at radius 3 is 2.77 bits per heavy atom. The molecule has 1 N–H and O–H groups in total. The van der Waals surface area contributed by atoms with E-state index in [-0.39, 0.29) is 12.5 Å². The number of carbonyl (C=O) groups excluding carboxylic acids is 1. The van der Waals surface area contributed by atoms with Crippen molar-refractivity contribution in [3.8, 4) is 11.5 Å². The summed E-state index contributed by atoms with van der Waals surface area (Å²) < 4.78 is 10.4. The van der Waals surface area contributed by atoms with Crippen LogP contribution >= 0.6 is 11.6 Å². The van der Waals surface area contributed by atoms with E-state index in [1.54, 1.807) is 43.5 Å². The number of rotatable bonds is 6. The van der Waals surface area contributed by atoms with Gasteiger partial charge in [0.05, 0.1) is 13.3 Å². The first-order valence-electron chi connectivity index (χ1n) is 6.52. The fraction of sp³-hybridized carbons (Fsp3) is 0.125. The molecule has 0 spiro atoms. The lowest BCUT2D eigenvalue weighted by atomic mass is 10.2. The summed E-state index contributed by atoms with van der Waals surface area (Å²) in [6.45, 7) is -0.146. The van der Waals surface area contributed by atoms with Gasteiger partial charge in [-0.2, -0.15) is 5.10 Å². The molecule has 2 rings (SSSR count). The van der Waals surface area contributed by atoms with Gasteiger partial charge in [-0.05, 0) is 18.2 Å². The molecule has 0 radical (unpaired) electrons. The number of hydrazone groups is 1. The van der Waals surface area contributed by atoms with E-state index in [1.165, 1.54) is 6.21 Å². The Morgan fingerprint density at radius 2 is 2.00 bits per heavy atom. The Balaban J connectivity index is 1.82. The van der Waals surface area contributed by atoms with Crippen LogP contribution in [0.25, 0.3) is 0 Å². The molecule has 6 heteroatoms. The monoisotopic (exact) mass is 318 g/mol. The maximum atomic E-state index is 11.6. The minimum atomic E-state index is -0.369. The van der Waals surface area contributed by atoms with Gasteiger partial charge in [-0.1, -0.05) is 35.9 Å². The molecule has 0 bridgehead atoms. The highest BCUT2D eigenvalue weighted by molar-refractivity contribution is 6.33. The van der Waals surface area contributed by atoms with Crippen molar-refractivity contribution in [2.24, 2.45) is 5.10 Å². The average molecular weight is 319 g/mol. The predicted octanol–water partition coefficient (Wildman–Crippen LogP) is 2.88. The second-order valence-corrected chi connectivity index (χ2v) is 4.69. The Morgan fingerprint density at radius 1 is 1.23 bits per heavy atom. The van der Waals surface area contributed by atoms with Crippen molar-refractivity contribution in [3.05, 3.63) is 59.1 Å². The summed E-state index contributed by atoms with van der Waals surface area (Å²) in [7, 11) is 1.56. The van der Waals surface area contributed by atoms with Gasteiger partial charge in [0.25, 0.3) is 5.91 Å². The van der Waals surface area contributed by atoms with Crippen LogP contribution in [0.2, 0.25) is 5.02 Å². The van der Waals surface area contributed by atoms with Crippen LogP contribution in [0.4, 0.5) is 0 Å². The Labute approximate surface area is 133 Å². The lowest BCUT2D eigenvalue weighted by Gasteiger charge is -2.06. The standard InChI is InChI=1S/C16H15ClN2O3/c1-21-13-6-4-7-14(9-13)22-11-16(20)19-18-10-12-5-2-3-8-15(12)17/h2-10H,11H2,1H3,(H,19,20)/b18-10+. The van der Waals surface area contributed by atoms with E-state index in [1.807, 2.05) is 12.1 Å². The first-order valence-corrected chi connectivity index (χ1v) is 6.90. The van der Waals surface area contributed by atoms with Crippen LogP contribution in [0.15, 0.2) is 53.6 Å². The van der Waals surface area contributed by atoms with Crippen LogP contribution in [0.1, 0.15) is 5.56 Å². The van der Waals surface area contributed by atoms with Crippen molar-refractivity contribution in [2.45, 2.75) is 0 Å². The van der Waals surface area contributed by atoms with E-state index in [2.05, 4.69) is 10.5 Å². The lowest BCUT2D eigenvalue weighted by molar-refractivity contribution is -0.123. The SMILES string of the molecule is COc1cccc(OCC(=O)N/N=C/c2ccccc2Cl)c1. The molecule has 22 heavy (non-hydrogen) atoms. The van der Waals surface area contributed by atoms with Crippen LogP contribution < -0.4 is 14.9 Å². The zero-order valence-corrected chi connectivity index (χ0v) is 12.7. The third-order valence-corrected chi connectivity index (χ3v) is 3.05. The van der Waals surface area contributed by atoms with Gasteiger partial charge < -0.3 is 9.47 Å². The van der Waals surface area contributed by atoms with Crippen molar-refractivity contribution in [1.29, 1.82) is 0 Å². The number of carbonyl (C=O) groups is 1. The number of amides is 1. The second kappa shape index (κ2) is 8.05. The van der Waals surface area contributed by atoms with Crippen molar-refractivity contribution < 1.29 is 14.3 Å². The summed E-state index contributed by atoms with van der Waals surface area (Å²) in [5.74, 6) is 0.838. The maximum absolute atomic E-state index is 11.6. The molecule has 5 nitrogen and oxygen atoms in total. The molecule has 0 aliphatic carbocycles. The molecule has 2 aromatic rings. The fourth-order valence-electron chi connectivity index (χ4n) is 1.63. The molecule has 0 aliphatic rings. The van der Waals surface area contributed by atoms with Gasteiger partial charge in [0.15, 0.2) is 6.61 Å². The molecule has 0 aromatic heterocycles. The van der Waals surface area contributed by atoms with Crippen molar-refractivity contribution in [2.75, 3.05) is 13.7 Å². The number of hydrogen-bond donors (Lipinski definition) is 1. The summed E-state index contributed by atoms with van der Waals surface area (Å²) in [4.78, 5) is 11.6. The van der Waals surface area contributed by atoms with Crippen molar-refractivity contribution in [1.82, 2.24) is 5.43 Å². The molecular weight excluding hydrogens is 304 g/mol. The molecule has 114 valence electrons. The van der Waals surface area contributed by atoms with Gasteiger partial charge in [-0.25, -0.2) is 5.43 Å². The number of ether oxygens (including phenoxy) is 2. The molecule has 0 fully saturated rings. The summed E-state index contributed by atoms with van der Waals surface area (Å²) in [5, 5.41) is 4.40. The molecule has 1 amide bonds. The van der Waals surface area contributed by atoms with E-state index in [0.717, 1.165) is 5.56 Å². The highest BCUT2D eigenvalue weighted by atomic mass is 35.5. The summed E-state index contributed by atoms with van der Waals surface area (Å²) in [6.07, 6.45) is 1.48. The smallest absolute Gasteiger partial charge is 0.277 e. The maximum Gasteiger partial charge on any atom is 0.277 e. The van der Waals surface area contributed by atoms with Crippen molar-refractivity contribution in [3.63, 3.8) is 0 Å². The lowest BCUT2D eigenvalue weighted by Crippen LogP contribution is -2.24. The number of benzene rings is 2. The summed E-state index contributed by atoms with van der Waals surface area (Å²) >= 11 is 5.97. The normalized spacial score (nSPS) is 10.5. The molecule has 0 heterocycles. The Bertz CT molecular complexity index is 674. The number of methoxy groups -OCH3 is 1. The molecule has 0 saturated carbocycles. The van der Waals surface area contributed by atoms with E-state index in [4.69, 9.17) is 21.1 Å². The first kappa shape index (κ1) is 15.9. The topological polar surface area (TPSA) is 59.9 Å². The molecule has 2 aromatic carbocycles. The quantitative estimate of drug-likeness (QED) is 0.658. The van der Waals surface area contributed by atoms with Gasteiger partial charge in [-0.15, -0.1) is 0 Å². The summed E-state index contributed by atoms with van der Waals surface area (Å²) in [5.41, 5.74) is 3.09. The van der Waals surface area contributed by atoms with E-state index < -0.39 is 0 Å². The van der Waals surface area contributed by atoms with Crippen LogP contribution in [0.3, 0.4) is 0 Å². The van der Waals surface area contributed by atoms with Gasteiger partial charge >= 0.3 is 0 Å². The Hall–Kier alpha value is -2.53. The Kier molecular flexibility index (Phi) is 5.80. The van der Waals surface area contributed by atoms with Crippen LogP contribution in [-0.4, -0.2) is 25.8 Å². The minimum absolute atomic E-state index is 0.146. The van der Waals surface area contributed by atoms with Crippen molar-refractivity contribution >= 4 is 23.7 Å². The van der Waals surface area contributed by atoms with E-state index >= 15 is 0 Å². The molecular formula is C16H15ClN2O3. The number of nitrogens with one attached hydrogen (secondary N) is 1. The average Bonchev–Trinajstić information content (AvgIpc) is 2.55. The number of nitrogens with zero attached hydrogens (tertiary/aromatic N) is 1. The highest BCUT2D eigenvalue weighted by Gasteiger charge is 2.02. The van der Waals surface area contributed by atoms with E-state index in [0.29, 0.717) is 16.5 Å². The zero-order chi connectivity index (χ0) is 15.8. The highest BCUT2D eigenvalue weighted by Crippen LogP contribution is 2.18. The predicted molar refractivity (Wildman–Crippen MR) is 85.7 cm³/mol.